The average molecular weight is 431 g/mol. The van der Waals surface area contributed by atoms with Crippen LogP contribution in [-0.4, -0.2) is 15.9 Å². The predicted molar refractivity (Wildman–Crippen MR) is 106 cm³/mol. The summed E-state index contributed by atoms with van der Waals surface area (Å²) in [4.78, 5) is 22.7. The third kappa shape index (κ3) is 4.02. The zero-order valence-corrected chi connectivity index (χ0v) is 16.0. The average Bonchev–Trinajstić information content (AvgIpc) is 3.17. The summed E-state index contributed by atoms with van der Waals surface area (Å²) in [6.45, 7) is 0.0182. The number of benzene rings is 2. The molecule has 1 amide bonds. The Labute approximate surface area is 172 Å². The lowest BCUT2D eigenvalue weighted by Crippen LogP contribution is -2.30. The number of halogens is 4. The van der Waals surface area contributed by atoms with Crippen LogP contribution in [0.15, 0.2) is 67.0 Å². The Morgan fingerprint density at radius 2 is 1.87 bits per heavy atom. The third-order valence-corrected chi connectivity index (χ3v) is 5.38. The minimum Gasteiger partial charge on any atom is -0.279 e. The maximum Gasteiger partial charge on any atom is 0.416 e. The fraction of sp³-hybridized carbons (Fsp3) is 0.0952. The Bertz CT molecular complexity index is 1210. The number of amides is 1. The Hall–Kier alpha value is -3.33. The van der Waals surface area contributed by atoms with E-state index in [1.807, 2.05) is 0 Å². The molecule has 0 N–H and O–H groups in total. The van der Waals surface area contributed by atoms with Gasteiger partial charge in [-0.3, -0.25) is 14.7 Å². The second kappa shape index (κ2) is 7.83. The van der Waals surface area contributed by atoms with Crippen LogP contribution in [0.25, 0.3) is 10.2 Å². The molecule has 0 aliphatic rings. The highest BCUT2D eigenvalue weighted by molar-refractivity contribution is 7.22. The number of alkyl halides is 3. The molecule has 2 aromatic heterocycles. The number of para-hydroxylation sites is 1. The summed E-state index contributed by atoms with van der Waals surface area (Å²) < 4.78 is 53.9. The normalized spacial score (nSPS) is 11.6. The molecule has 4 rings (SSSR count). The van der Waals surface area contributed by atoms with Crippen LogP contribution in [0.3, 0.4) is 0 Å². The van der Waals surface area contributed by atoms with E-state index in [0.717, 1.165) is 23.5 Å². The van der Waals surface area contributed by atoms with E-state index in [4.69, 9.17) is 0 Å². The van der Waals surface area contributed by atoms with Crippen molar-refractivity contribution in [1.29, 1.82) is 0 Å². The number of hydrogen-bond donors (Lipinski definition) is 0. The van der Waals surface area contributed by atoms with E-state index in [9.17, 15) is 22.4 Å². The van der Waals surface area contributed by atoms with E-state index in [1.54, 1.807) is 30.6 Å². The van der Waals surface area contributed by atoms with E-state index < -0.39 is 23.5 Å². The molecule has 0 fully saturated rings. The minimum absolute atomic E-state index is 0.0182. The minimum atomic E-state index is -4.58. The molecule has 0 radical (unpaired) electrons. The van der Waals surface area contributed by atoms with Crippen molar-refractivity contribution >= 4 is 32.6 Å². The van der Waals surface area contributed by atoms with Crippen molar-refractivity contribution in [1.82, 2.24) is 9.97 Å². The zero-order chi connectivity index (χ0) is 21.3. The molecular formula is C21H13F4N3OS. The van der Waals surface area contributed by atoms with Crippen LogP contribution in [0.4, 0.5) is 22.7 Å². The topological polar surface area (TPSA) is 46.1 Å². The van der Waals surface area contributed by atoms with Crippen LogP contribution in [0.5, 0.6) is 0 Å². The third-order valence-electron chi connectivity index (χ3n) is 4.33. The van der Waals surface area contributed by atoms with Gasteiger partial charge in [0.25, 0.3) is 5.91 Å². The maximum atomic E-state index is 14.1. The van der Waals surface area contributed by atoms with Crippen LogP contribution in [0.1, 0.15) is 21.5 Å². The zero-order valence-electron chi connectivity index (χ0n) is 15.2. The first-order chi connectivity index (χ1) is 14.3. The maximum absolute atomic E-state index is 14.1. The van der Waals surface area contributed by atoms with E-state index in [0.29, 0.717) is 10.3 Å². The molecule has 9 heteroatoms. The van der Waals surface area contributed by atoms with Gasteiger partial charge in [0.05, 0.1) is 16.8 Å². The van der Waals surface area contributed by atoms with Crippen LogP contribution in [0.2, 0.25) is 0 Å². The molecule has 0 saturated heterocycles. The highest BCUT2D eigenvalue weighted by Gasteiger charge is 2.32. The summed E-state index contributed by atoms with van der Waals surface area (Å²) in [5.41, 5.74) is -0.318. The molecule has 0 aliphatic carbocycles. The Morgan fingerprint density at radius 3 is 2.57 bits per heavy atom. The summed E-state index contributed by atoms with van der Waals surface area (Å²) in [5, 5.41) is 0.182. The van der Waals surface area contributed by atoms with E-state index in [1.165, 1.54) is 29.2 Å². The Morgan fingerprint density at radius 1 is 1.07 bits per heavy atom. The molecule has 4 nitrogen and oxygen atoms in total. The summed E-state index contributed by atoms with van der Waals surface area (Å²) in [5.74, 6) is -1.22. The lowest BCUT2D eigenvalue weighted by Gasteiger charge is -2.20. The first-order valence-corrected chi connectivity index (χ1v) is 9.57. The van der Waals surface area contributed by atoms with Crippen molar-refractivity contribution in [3.63, 3.8) is 0 Å². The van der Waals surface area contributed by atoms with Crippen molar-refractivity contribution in [2.45, 2.75) is 12.7 Å². The number of aromatic nitrogens is 2. The van der Waals surface area contributed by atoms with Gasteiger partial charge in [0.1, 0.15) is 11.3 Å². The second-order valence-electron chi connectivity index (χ2n) is 6.41. The molecule has 0 bridgehead atoms. The second-order valence-corrected chi connectivity index (χ2v) is 7.42. The van der Waals surface area contributed by atoms with E-state index >= 15 is 0 Å². The van der Waals surface area contributed by atoms with Gasteiger partial charge in [0.2, 0.25) is 0 Å². The molecule has 0 aliphatic heterocycles. The van der Waals surface area contributed by atoms with Crippen LogP contribution in [-0.2, 0) is 12.7 Å². The molecule has 0 unspecified atom stereocenters. The number of hydrogen-bond acceptors (Lipinski definition) is 4. The van der Waals surface area contributed by atoms with Crippen LogP contribution < -0.4 is 4.90 Å². The van der Waals surface area contributed by atoms with Crippen LogP contribution >= 0.6 is 11.3 Å². The highest BCUT2D eigenvalue weighted by atomic mass is 32.1. The summed E-state index contributed by atoms with van der Waals surface area (Å²) in [6, 6.07) is 12.0. The number of anilines is 1. The van der Waals surface area contributed by atoms with E-state index in [2.05, 4.69) is 9.97 Å². The SMILES string of the molecule is O=C(c1cccc(C(F)(F)F)c1)N(Cc1cccnc1)c1nc2c(F)cccc2s1. The van der Waals surface area contributed by atoms with Crippen molar-refractivity contribution in [3.05, 3.63) is 89.5 Å². The molecule has 2 heterocycles. The predicted octanol–water partition coefficient (Wildman–Crippen LogP) is 5.70. The number of nitrogens with zero attached hydrogens (tertiary/aromatic N) is 3. The summed E-state index contributed by atoms with van der Waals surface area (Å²) in [6.07, 6.45) is -1.47. The molecule has 0 saturated carbocycles. The Kier molecular flexibility index (Phi) is 5.21. The molecule has 0 atom stereocenters. The number of carbonyl (C=O) groups excluding carboxylic acids is 1. The number of fused-ring (bicyclic) bond motifs is 1. The lowest BCUT2D eigenvalue weighted by atomic mass is 10.1. The lowest BCUT2D eigenvalue weighted by molar-refractivity contribution is -0.137. The van der Waals surface area contributed by atoms with Gasteiger partial charge in [-0.1, -0.05) is 29.5 Å². The van der Waals surface area contributed by atoms with Gasteiger partial charge in [-0.05, 0) is 42.0 Å². The quantitative estimate of drug-likeness (QED) is 0.390. The number of thiazole rings is 1. The smallest absolute Gasteiger partial charge is 0.279 e. The summed E-state index contributed by atoms with van der Waals surface area (Å²) in [7, 11) is 0. The standard InChI is InChI=1S/C21H13F4N3OS/c22-16-7-2-8-17-18(16)27-20(30-17)28(12-13-4-3-9-26-11-13)19(29)14-5-1-6-15(10-14)21(23,24)25/h1-11H,12H2. The number of carbonyl (C=O) groups is 1. The molecule has 152 valence electrons. The van der Waals surface area contributed by atoms with Gasteiger partial charge in [-0.25, -0.2) is 9.37 Å². The van der Waals surface area contributed by atoms with Crippen molar-refractivity contribution in [2.24, 2.45) is 0 Å². The van der Waals surface area contributed by atoms with E-state index in [-0.39, 0.29) is 22.8 Å². The number of rotatable bonds is 4. The molecule has 30 heavy (non-hydrogen) atoms. The van der Waals surface area contributed by atoms with Gasteiger partial charge in [0, 0.05) is 18.0 Å². The molecular weight excluding hydrogens is 418 g/mol. The molecule has 2 aromatic carbocycles. The monoisotopic (exact) mass is 431 g/mol. The highest BCUT2D eigenvalue weighted by Crippen LogP contribution is 2.33. The van der Waals surface area contributed by atoms with Gasteiger partial charge in [0.15, 0.2) is 5.13 Å². The van der Waals surface area contributed by atoms with Gasteiger partial charge in [-0.15, -0.1) is 0 Å². The molecule has 0 spiro atoms. The van der Waals surface area contributed by atoms with Gasteiger partial charge in [-0.2, -0.15) is 13.2 Å². The van der Waals surface area contributed by atoms with Crippen molar-refractivity contribution < 1.29 is 22.4 Å². The van der Waals surface area contributed by atoms with Crippen molar-refractivity contribution in [3.8, 4) is 0 Å². The van der Waals surface area contributed by atoms with Crippen LogP contribution in [0, 0.1) is 5.82 Å². The fourth-order valence-corrected chi connectivity index (χ4v) is 3.88. The first-order valence-electron chi connectivity index (χ1n) is 8.76. The number of pyridine rings is 1. The fourth-order valence-electron chi connectivity index (χ4n) is 2.90. The van der Waals surface area contributed by atoms with Gasteiger partial charge >= 0.3 is 6.18 Å². The first kappa shape index (κ1) is 20.0. The molecule has 4 aromatic rings. The summed E-state index contributed by atoms with van der Waals surface area (Å²) >= 11 is 1.08. The van der Waals surface area contributed by atoms with Crippen molar-refractivity contribution in [2.75, 3.05) is 4.90 Å². The Balaban J connectivity index is 1.78. The largest absolute Gasteiger partial charge is 0.416 e. The van der Waals surface area contributed by atoms with Gasteiger partial charge < -0.3 is 0 Å².